The summed E-state index contributed by atoms with van der Waals surface area (Å²) >= 11 is 0. The van der Waals surface area contributed by atoms with Gasteiger partial charge in [0.1, 0.15) is 11.6 Å². The van der Waals surface area contributed by atoms with Gasteiger partial charge in [-0.1, -0.05) is 74.4 Å². The van der Waals surface area contributed by atoms with E-state index in [1.165, 1.54) is 11.4 Å². The van der Waals surface area contributed by atoms with E-state index < -0.39 is 23.3 Å². The molecule has 1 unspecified atom stereocenters. The number of rotatable bonds is 8. The van der Waals surface area contributed by atoms with E-state index >= 15 is 0 Å². The Morgan fingerprint density at radius 3 is 1.43 bits per heavy atom. The maximum Gasteiger partial charge on any atom is 0.310 e. The molecule has 0 heterocycles. The number of nitrogens with zero attached hydrogens (tertiary/aromatic N) is 2. The Hall–Kier alpha value is -10.4. The number of hydrogen-bond acceptors (Lipinski definition) is 8. The molecule has 0 aromatic heterocycles. The zero-order valence-corrected chi connectivity index (χ0v) is 38.8. The molecule has 0 saturated carbocycles. The standard InChI is InChI=1S/C15H13FO2.C15H4.C14H23NO2.C14H2.FH.HNO2.O2.14H2/c1-10(15(17)18)12-7-8-13(14(16)9-12)11-5-3-2-4-6-11;1-3-5-7-9-11-13-15-14-12-10-8-6-4-2;1-5-14(17,11(2)10-15(3)4)12-7-6-8-13(16)9-12;1-3-5-7-9-11-13-14-12-10-8-6-4-2;;2-1-3;1-2;;;;;;;;;;;;;;/h2-10H,1H3,(H,17,18);1H,2H3;6-9,11,16-17H,5,10H2,1-4H3;1-2H;1H;(H,2,3);;14*1H/t;;11-,14-;;;;;;;;;;;;;;;;;;/m..1................../s1. The van der Waals surface area contributed by atoms with Gasteiger partial charge in [0, 0.05) is 47.9 Å². The summed E-state index contributed by atoms with van der Waals surface area (Å²) in [6.07, 6.45) is 15.2. The van der Waals surface area contributed by atoms with Gasteiger partial charge in [-0.25, -0.2) is 4.39 Å². The molecule has 0 bridgehead atoms. The van der Waals surface area contributed by atoms with Crippen molar-refractivity contribution in [2.75, 3.05) is 20.6 Å². The molecule has 4 N–H and O–H groups in total. The number of phenols is 1. The fourth-order valence-electron chi connectivity index (χ4n) is 4.81. The smallest absolute Gasteiger partial charge is 0.310 e. The minimum Gasteiger partial charge on any atom is -0.508 e. The molecule has 0 amide bonds. The first-order valence-electron chi connectivity index (χ1n) is 19.4. The van der Waals surface area contributed by atoms with E-state index in [1.54, 1.807) is 44.2 Å². The van der Waals surface area contributed by atoms with Crippen LogP contribution in [0.3, 0.4) is 0 Å². The maximum atomic E-state index is 14.0. The highest BCUT2D eigenvalue weighted by molar-refractivity contribution is 5.76. The van der Waals surface area contributed by atoms with Crippen LogP contribution in [-0.2, 0) is 10.4 Å². The van der Waals surface area contributed by atoms with Crippen molar-refractivity contribution in [3.63, 3.8) is 0 Å². The number of carboxylic acid groups (broad SMARTS) is 1. The van der Waals surface area contributed by atoms with E-state index in [4.69, 9.17) is 44.4 Å². The van der Waals surface area contributed by atoms with Gasteiger partial charge in [-0.2, -0.15) is 0 Å². The van der Waals surface area contributed by atoms with Crippen LogP contribution in [-0.4, -0.2) is 52.0 Å². The Labute approximate surface area is 431 Å². The van der Waals surface area contributed by atoms with Crippen LogP contribution < -0.4 is 0 Å². The van der Waals surface area contributed by atoms with E-state index in [1.807, 2.05) is 64.3 Å². The van der Waals surface area contributed by atoms with Gasteiger partial charge in [0.05, 0.1) is 11.5 Å². The van der Waals surface area contributed by atoms with Gasteiger partial charge in [0.2, 0.25) is 0 Å². The highest BCUT2D eigenvalue weighted by Gasteiger charge is 2.34. The molecule has 0 saturated heterocycles. The molecule has 0 spiro atoms. The maximum absolute atomic E-state index is 14.0. The summed E-state index contributed by atoms with van der Waals surface area (Å²) in [4.78, 5) is 35.0. The van der Waals surface area contributed by atoms with Crippen molar-refractivity contribution in [1.29, 1.82) is 0 Å². The average molecular weight is 963 g/mol. The summed E-state index contributed by atoms with van der Waals surface area (Å²) < 4.78 is 14.0. The zero-order chi connectivity index (χ0) is 52.6. The van der Waals surface area contributed by atoms with E-state index in [0.717, 1.165) is 17.7 Å². The Bertz CT molecular complexity index is 3030. The molecule has 70 heavy (non-hydrogen) atoms. The second-order valence-electron chi connectivity index (χ2n) is 12.5. The van der Waals surface area contributed by atoms with Gasteiger partial charge in [-0.15, -0.1) is 24.2 Å². The van der Waals surface area contributed by atoms with E-state index in [9.17, 15) is 19.4 Å². The molecule has 0 radical (unpaired) electrons. The number of hydrogen-bond donors (Lipinski definition) is 4. The fraction of sp³-hybridized carbons (Fsp3) is 0.190. The van der Waals surface area contributed by atoms with Gasteiger partial charge >= 0.3 is 5.97 Å². The van der Waals surface area contributed by atoms with Crippen molar-refractivity contribution < 1.29 is 54.4 Å². The van der Waals surface area contributed by atoms with Crippen molar-refractivity contribution in [3.8, 4) is 184 Å². The Kier molecular flexibility index (Phi) is 42.7. The summed E-state index contributed by atoms with van der Waals surface area (Å²) in [5, 5.41) is 37.1. The quantitative estimate of drug-likeness (QED) is 0.0977. The molecule has 0 fully saturated rings. The van der Waals surface area contributed by atoms with Crippen LogP contribution in [0.2, 0.25) is 0 Å². The Morgan fingerprint density at radius 2 is 1.10 bits per heavy atom. The lowest BCUT2D eigenvalue weighted by Crippen LogP contribution is -2.38. The number of aliphatic carboxylic acids is 1. The van der Waals surface area contributed by atoms with Crippen LogP contribution in [0.25, 0.3) is 11.1 Å². The Morgan fingerprint density at radius 1 is 0.700 bits per heavy atom. The summed E-state index contributed by atoms with van der Waals surface area (Å²) in [6.45, 7) is 8.05. The predicted octanol–water partition coefficient (Wildman–Crippen LogP) is 10.6. The molecular formula is C58H72F2N2O8. The number of aromatic hydroxyl groups is 1. The number of terminal acetylenes is 3. The third kappa shape index (κ3) is 33.1. The molecule has 10 nitrogen and oxygen atoms in total. The van der Waals surface area contributed by atoms with Crippen molar-refractivity contribution in [2.24, 2.45) is 11.3 Å². The monoisotopic (exact) mass is 963 g/mol. The first-order valence-corrected chi connectivity index (χ1v) is 19.4. The lowest BCUT2D eigenvalue weighted by atomic mass is 9.80. The summed E-state index contributed by atoms with van der Waals surface area (Å²) in [5.41, 5.74) is 1.64. The van der Waals surface area contributed by atoms with Gasteiger partial charge in [-0.3, -0.25) is 9.50 Å². The highest BCUT2D eigenvalue weighted by Crippen LogP contribution is 2.34. The number of halogens is 2. The van der Waals surface area contributed by atoms with E-state index in [0.29, 0.717) is 17.5 Å². The van der Waals surface area contributed by atoms with Crippen LogP contribution >= 0.6 is 0 Å². The largest absolute Gasteiger partial charge is 0.508 e. The number of carbonyl (C=O) groups is 1. The third-order valence-electron chi connectivity index (χ3n) is 7.82. The molecule has 0 aliphatic rings. The second-order valence-corrected chi connectivity index (χ2v) is 12.5. The van der Waals surface area contributed by atoms with Crippen molar-refractivity contribution >= 4 is 5.97 Å². The molecule has 376 valence electrons. The highest BCUT2D eigenvalue weighted by atomic mass is 19.1. The first-order chi connectivity index (χ1) is 33.2. The summed E-state index contributed by atoms with van der Waals surface area (Å²) in [6, 6.07) is 20.7. The predicted molar refractivity (Wildman–Crippen MR) is 302 cm³/mol. The van der Waals surface area contributed by atoms with Crippen LogP contribution in [0.15, 0.2) is 78.1 Å². The summed E-state index contributed by atoms with van der Waals surface area (Å²) in [5.74, 6) is 58.5. The SMILES string of the molecule is C#CC#CC#CC#CC#CC#CC#C.C#CC#CC#CC#CC#CC#CC#CC.CC(C(=O)O)c1ccc(-c2ccccc2)c(F)c1.CC[C@](O)(c1cccc(O)c1)[C@H](C)CN(C)C.F.O=NO.O=O.[HH].[HH].[HH].[HH].[HH].[HH].[HH].[HH].[HH].[HH].[HH].[HH].[HH].[HH]. The van der Waals surface area contributed by atoms with Crippen molar-refractivity contribution in [3.05, 3.63) is 105 Å². The van der Waals surface area contributed by atoms with Gasteiger partial charge in [-0.05, 0) is 211 Å². The first kappa shape index (κ1) is 66.2. The molecule has 0 aliphatic carbocycles. The van der Waals surface area contributed by atoms with Crippen LogP contribution in [0.1, 0.15) is 71.1 Å². The molecule has 0 aliphatic heterocycles. The Balaban J connectivity index is -0.0000000399. The number of carboxylic acids is 1. The van der Waals surface area contributed by atoms with Gasteiger partial charge < -0.3 is 25.4 Å². The van der Waals surface area contributed by atoms with Gasteiger partial charge in [0.15, 0.2) is 5.34 Å². The molecule has 3 aromatic rings. The molecule has 3 aromatic carbocycles. The van der Waals surface area contributed by atoms with E-state index in [2.05, 4.69) is 153 Å². The fourth-order valence-corrected chi connectivity index (χ4v) is 4.81. The molecule has 12 heteroatoms. The average Bonchev–Trinajstić information content (AvgIpc) is 3.35. The van der Waals surface area contributed by atoms with Crippen LogP contribution in [0, 0.1) is 194 Å². The number of benzene rings is 3. The number of phenolic OH excluding ortho intramolecular Hbond substituents is 1. The third-order valence-corrected chi connectivity index (χ3v) is 7.82. The number of aliphatic hydroxyl groups is 1. The second kappa shape index (κ2) is 45.1. The normalized spacial score (nSPS) is 8.94. The van der Waals surface area contributed by atoms with Gasteiger partial charge in [0.25, 0.3) is 0 Å². The van der Waals surface area contributed by atoms with Crippen molar-refractivity contribution in [1.82, 2.24) is 4.90 Å². The lowest BCUT2D eigenvalue weighted by molar-refractivity contribution is -0.138. The molecule has 3 atom stereocenters. The van der Waals surface area contributed by atoms with Crippen LogP contribution in [0.4, 0.5) is 9.09 Å². The van der Waals surface area contributed by atoms with Crippen molar-refractivity contribution in [2.45, 2.75) is 45.6 Å². The van der Waals surface area contributed by atoms with Crippen LogP contribution in [0.5, 0.6) is 5.75 Å². The summed E-state index contributed by atoms with van der Waals surface area (Å²) in [7, 11) is 3.99. The lowest BCUT2D eigenvalue weighted by Gasteiger charge is -2.35. The molecular weight excluding hydrogens is 891 g/mol. The minimum absolute atomic E-state index is 0. The zero-order valence-electron chi connectivity index (χ0n) is 38.8. The topological polar surface area (TPSA) is 165 Å². The van der Waals surface area contributed by atoms with E-state index in [-0.39, 0.29) is 36.3 Å². The minimum atomic E-state index is -0.957. The molecule has 3 rings (SSSR count).